The molecule has 110 valence electrons. The van der Waals surface area contributed by atoms with E-state index in [9.17, 15) is 9.90 Å². The lowest BCUT2D eigenvalue weighted by atomic mass is 10.1. The van der Waals surface area contributed by atoms with Crippen LogP contribution in [0, 0.1) is 0 Å². The maximum absolute atomic E-state index is 12.6. The lowest BCUT2D eigenvalue weighted by Gasteiger charge is -2.28. The molecule has 20 heavy (non-hydrogen) atoms. The van der Waals surface area contributed by atoms with Crippen molar-refractivity contribution in [2.45, 2.75) is 38.8 Å². The van der Waals surface area contributed by atoms with E-state index < -0.39 is 0 Å². The summed E-state index contributed by atoms with van der Waals surface area (Å²) >= 11 is 0. The fourth-order valence-corrected chi connectivity index (χ4v) is 2.57. The van der Waals surface area contributed by atoms with Gasteiger partial charge in [0.25, 0.3) is 0 Å². The van der Waals surface area contributed by atoms with Crippen LogP contribution < -0.4 is 4.90 Å². The van der Waals surface area contributed by atoms with Gasteiger partial charge in [-0.3, -0.25) is 9.69 Å². The van der Waals surface area contributed by atoms with E-state index in [4.69, 9.17) is 0 Å². The fraction of sp³-hybridized carbons (Fsp3) is 0.562. The zero-order valence-electron chi connectivity index (χ0n) is 12.5. The first-order chi connectivity index (χ1) is 9.50. The Bertz CT molecular complexity index is 473. The van der Waals surface area contributed by atoms with Gasteiger partial charge in [-0.25, -0.2) is 0 Å². The Hall–Kier alpha value is -1.39. The third kappa shape index (κ3) is 3.19. The molecule has 2 unspecified atom stereocenters. The summed E-state index contributed by atoms with van der Waals surface area (Å²) in [6.07, 6.45) is 1.30. The Balaban J connectivity index is 2.01. The molecule has 0 saturated heterocycles. The van der Waals surface area contributed by atoms with Crippen LogP contribution in [0.3, 0.4) is 0 Å². The standard InChI is InChI=1S/C16H24N2O2/c1-12(19)8-10-17(3)13(2)16(20)18-11-9-14-6-4-5-7-15(14)18/h4-7,12-13,19H,8-11H2,1-3H3. The summed E-state index contributed by atoms with van der Waals surface area (Å²) in [4.78, 5) is 16.5. The minimum Gasteiger partial charge on any atom is -0.393 e. The number of benzene rings is 1. The molecule has 1 aromatic carbocycles. The van der Waals surface area contributed by atoms with Gasteiger partial charge in [-0.1, -0.05) is 18.2 Å². The minimum atomic E-state index is -0.327. The van der Waals surface area contributed by atoms with Crippen molar-refractivity contribution in [3.05, 3.63) is 29.8 Å². The van der Waals surface area contributed by atoms with Gasteiger partial charge in [0.2, 0.25) is 5.91 Å². The Kier molecular flexibility index (Phi) is 4.78. The second-order valence-corrected chi connectivity index (χ2v) is 5.66. The number of aliphatic hydroxyl groups excluding tert-OH is 1. The Labute approximate surface area is 121 Å². The van der Waals surface area contributed by atoms with Gasteiger partial charge < -0.3 is 10.0 Å². The first-order valence-electron chi connectivity index (χ1n) is 7.28. The summed E-state index contributed by atoms with van der Waals surface area (Å²) in [7, 11) is 1.94. The predicted octanol–water partition coefficient (Wildman–Crippen LogP) is 1.67. The molecule has 1 heterocycles. The summed E-state index contributed by atoms with van der Waals surface area (Å²) in [5.41, 5.74) is 2.30. The first-order valence-corrected chi connectivity index (χ1v) is 7.28. The molecule has 0 bridgehead atoms. The molecule has 1 aliphatic heterocycles. The summed E-state index contributed by atoms with van der Waals surface area (Å²) in [6, 6.07) is 7.93. The van der Waals surface area contributed by atoms with Crippen molar-refractivity contribution >= 4 is 11.6 Å². The molecule has 0 saturated carbocycles. The van der Waals surface area contributed by atoms with E-state index in [-0.39, 0.29) is 18.1 Å². The molecule has 4 heteroatoms. The van der Waals surface area contributed by atoms with Gasteiger partial charge in [0.05, 0.1) is 12.1 Å². The quantitative estimate of drug-likeness (QED) is 0.889. The van der Waals surface area contributed by atoms with Gasteiger partial charge in [0.15, 0.2) is 0 Å². The molecule has 0 fully saturated rings. The minimum absolute atomic E-state index is 0.142. The molecule has 0 radical (unpaired) electrons. The average Bonchev–Trinajstić information content (AvgIpc) is 2.87. The Morgan fingerprint density at radius 3 is 2.80 bits per heavy atom. The molecule has 1 aliphatic rings. The van der Waals surface area contributed by atoms with Gasteiger partial charge in [-0.2, -0.15) is 0 Å². The summed E-state index contributed by atoms with van der Waals surface area (Å²) in [5.74, 6) is 0.142. The zero-order chi connectivity index (χ0) is 14.7. The maximum Gasteiger partial charge on any atom is 0.244 e. The molecule has 1 N–H and O–H groups in total. The zero-order valence-corrected chi connectivity index (χ0v) is 12.5. The van der Waals surface area contributed by atoms with Gasteiger partial charge in [-0.05, 0) is 45.4 Å². The van der Waals surface area contributed by atoms with Crippen molar-refractivity contribution in [1.29, 1.82) is 0 Å². The SMILES string of the molecule is CC(O)CCN(C)C(C)C(=O)N1CCc2ccccc21. The monoisotopic (exact) mass is 276 g/mol. The number of para-hydroxylation sites is 1. The molecule has 2 atom stereocenters. The van der Waals surface area contributed by atoms with E-state index in [1.165, 1.54) is 5.56 Å². The number of hydrogen-bond acceptors (Lipinski definition) is 3. The number of fused-ring (bicyclic) bond motifs is 1. The average molecular weight is 276 g/mol. The Morgan fingerprint density at radius 2 is 2.10 bits per heavy atom. The molecule has 0 aliphatic carbocycles. The number of aliphatic hydroxyl groups is 1. The number of rotatable bonds is 5. The summed E-state index contributed by atoms with van der Waals surface area (Å²) < 4.78 is 0. The topological polar surface area (TPSA) is 43.8 Å². The smallest absolute Gasteiger partial charge is 0.244 e. The largest absolute Gasteiger partial charge is 0.393 e. The van der Waals surface area contributed by atoms with Crippen LogP contribution in [0.25, 0.3) is 0 Å². The van der Waals surface area contributed by atoms with Crippen LogP contribution in [-0.4, -0.2) is 48.2 Å². The second-order valence-electron chi connectivity index (χ2n) is 5.66. The van der Waals surface area contributed by atoms with Crippen molar-refractivity contribution in [2.75, 3.05) is 25.0 Å². The summed E-state index contributed by atoms with van der Waals surface area (Å²) in [5, 5.41) is 9.34. The van der Waals surface area contributed by atoms with Gasteiger partial charge in [0, 0.05) is 18.8 Å². The number of anilines is 1. The van der Waals surface area contributed by atoms with E-state index in [0.29, 0.717) is 6.42 Å². The van der Waals surface area contributed by atoms with Crippen LogP contribution in [0.15, 0.2) is 24.3 Å². The number of hydrogen-bond donors (Lipinski definition) is 1. The van der Waals surface area contributed by atoms with Gasteiger partial charge in [0.1, 0.15) is 0 Å². The highest BCUT2D eigenvalue weighted by atomic mass is 16.3. The molecule has 2 rings (SSSR count). The molecule has 0 aromatic heterocycles. The van der Waals surface area contributed by atoms with Gasteiger partial charge >= 0.3 is 0 Å². The van der Waals surface area contributed by atoms with Crippen LogP contribution in [-0.2, 0) is 11.2 Å². The van der Waals surface area contributed by atoms with E-state index in [1.807, 2.05) is 42.0 Å². The lowest BCUT2D eigenvalue weighted by molar-refractivity contribution is -0.122. The van der Waals surface area contributed by atoms with Crippen molar-refractivity contribution in [3.8, 4) is 0 Å². The number of likely N-dealkylation sites (N-methyl/N-ethyl adjacent to an activating group) is 1. The van der Waals surface area contributed by atoms with E-state index >= 15 is 0 Å². The maximum atomic E-state index is 12.6. The predicted molar refractivity (Wildman–Crippen MR) is 80.9 cm³/mol. The van der Waals surface area contributed by atoms with E-state index in [1.54, 1.807) is 6.92 Å². The van der Waals surface area contributed by atoms with Crippen molar-refractivity contribution in [2.24, 2.45) is 0 Å². The van der Waals surface area contributed by atoms with E-state index in [0.717, 1.165) is 25.2 Å². The van der Waals surface area contributed by atoms with E-state index in [2.05, 4.69) is 6.07 Å². The van der Waals surface area contributed by atoms with Crippen molar-refractivity contribution < 1.29 is 9.90 Å². The highest BCUT2D eigenvalue weighted by molar-refractivity contribution is 5.98. The fourth-order valence-electron chi connectivity index (χ4n) is 2.57. The van der Waals surface area contributed by atoms with Crippen LogP contribution in [0.2, 0.25) is 0 Å². The van der Waals surface area contributed by atoms with Crippen molar-refractivity contribution in [1.82, 2.24) is 4.90 Å². The van der Waals surface area contributed by atoms with Crippen molar-refractivity contribution in [3.63, 3.8) is 0 Å². The normalized spacial score (nSPS) is 17.1. The molecule has 4 nitrogen and oxygen atoms in total. The molecule has 0 spiro atoms. The third-order valence-electron chi connectivity index (χ3n) is 4.07. The molecular weight excluding hydrogens is 252 g/mol. The highest BCUT2D eigenvalue weighted by Crippen LogP contribution is 2.28. The number of carbonyl (C=O) groups excluding carboxylic acids is 1. The number of nitrogens with zero attached hydrogens (tertiary/aromatic N) is 2. The molecule has 1 amide bonds. The molecular formula is C16H24N2O2. The lowest BCUT2D eigenvalue weighted by Crippen LogP contribution is -2.45. The highest BCUT2D eigenvalue weighted by Gasteiger charge is 2.29. The first kappa shape index (κ1) is 15.0. The third-order valence-corrected chi connectivity index (χ3v) is 4.07. The van der Waals surface area contributed by atoms with Gasteiger partial charge in [-0.15, -0.1) is 0 Å². The van der Waals surface area contributed by atoms with Crippen LogP contribution in [0.5, 0.6) is 0 Å². The summed E-state index contributed by atoms with van der Waals surface area (Å²) in [6.45, 7) is 5.20. The Morgan fingerprint density at radius 1 is 1.40 bits per heavy atom. The number of amides is 1. The van der Waals surface area contributed by atoms with Crippen LogP contribution >= 0.6 is 0 Å². The molecule has 1 aromatic rings. The van der Waals surface area contributed by atoms with Crippen LogP contribution in [0.1, 0.15) is 25.8 Å². The second kappa shape index (κ2) is 6.37. The van der Waals surface area contributed by atoms with Crippen LogP contribution in [0.4, 0.5) is 5.69 Å². The number of carbonyl (C=O) groups is 1.